The van der Waals surface area contributed by atoms with Gasteiger partial charge in [0, 0.05) is 19.3 Å². The monoisotopic (exact) mass is 254 g/mol. The summed E-state index contributed by atoms with van der Waals surface area (Å²) in [7, 11) is 0. The van der Waals surface area contributed by atoms with Crippen molar-refractivity contribution in [1.82, 2.24) is 4.98 Å². The lowest BCUT2D eigenvalue weighted by Gasteiger charge is -2.24. The molecule has 4 nitrogen and oxygen atoms in total. The minimum absolute atomic E-state index is 0.0506. The summed E-state index contributed by atoms with van der Waals surface area (Å²) in [5.41, 5.74) is 7.51. The van der Waals surface area contributed by atoms with Gasteiger partial charge in [0.15, 0.2) is 0 Å². The first-order valence-corrected chi connectivity index (χ1v) is 6.30. The smallest absolute Gasteiger partial charge is 0.139 e. The lowest BCUT2D eigenvalue weighted by atomic mass is 10.2. The molecule has 0 aliphatic rings. The molecule has 0 atom stereocenters. The molecule has 4 heteroatoms. The second kappa shape index (κ2) is 6.00. The third kappa shape index (κ3) is 3.10. The summed E-state index contributed by atoms with van der Waals surface area (Å²) in [6.07, 6.45) is 1.73. The van der Waals surface area contributed by atoms with Gasteiger partial charge < -0.3 is 10.6 Å². The number of nitrogens with zero attached hydrogens (tertiary/aromatic N) is 2. The summed E-state index contributed by atoms with van der Waals surface area (Å²) in [4.78, 5) is 6.49. The molecule has 19 heavy (non-hydrogen) atoms. The number of nitrogens with one attached hydrogen (secondary N) is 1. The Balaban J connectivity index is 2.30. The molecule has 1 heterocycles. The van der Waals surface area contributed by atoms with Gasteiger partial charge in [-0.25, -0.2) is 4.98 Å². The van der Waals surface area contributed by atoms with E-state index in [9.17, 15) is 0 Å². The molecule has 0 aliphatic carbocycles. The van der Waals surface area contributed by atoms with Crippen LogP contribution in [0.4, 0.5) is 5.82 Å². The molecule has 0 bridgehead atoms. The van der Waals surface area contributed by atoms with Crippen LogP contribution in [0.1, 0.15) is 18.1 Å². The van der Waals surface area contributed by atoms with Crippen molar-refractivity contribution in [1.29, 1.82) is 5.41 Å². The fourth-order valence-corrected chi connectivity index (χ4v) is 2.00. The van der Waals surface area contributed by atoms with Crippen molar-refractivity contribution in [3.63, 3.8) is 0 Å². The summed E-state index contributed by atoms with van der Waals surface area (Å²) in [5, 5.41) is 7.64. The first kappa shape index (κ1) is 13.1. The number of pyridine rings is 1. The predicted molar refractivity (Wildman–Crippen MR) is 78.4 cm³/mol. The molecular formula is C15H18N4. The molecule has 0 amide bonds. The summed E-state index contributed by atoms with van der Waals surface area (Å²) < 4.78 is 0. The number of benzene rings is 1. The number of anilines is 1. The SMILES string of the molecule is CCN(Cc1ccccc1)c1ncccc1C(=N)N. The maximum absolute atomic E-state index is 7.64. The summed E-state index contributed by atoms with van der Waals surface area (Å²) in [6.45, 7) is 3.64. The molecular weight excluding hydrogens is 236 g/mol. The Morgan fingerprint density at radius 1 is 1.21 bits per heavy atom. The summed E-state index contributed by atoms with van der Waals surface area (Å²) >= 11 is 0. The third-order valence-corrected chi connectivity index (χ3v) is 2.97. The first-order valence-electron chi connectivity index (χ1n) is 6.30. The number of aromatic nitrogens is 1. The summed E-state index contributed by atoms with van der Waals surface area (Å²) in [5.74, 6) is 0.816. The molecule has 0 aliphatic heterocycles. The number of nitrogen functional groups attached to an aromatic ring is 1. The van der Waals surface area contributed by atoms with E-state index in [1.807, 2.05) is 24.3 Å². The highest BCUT2D eigenvalue weighted by Crippen LogP contribution is 2.18. The van der Waals surface area contributed by atoms with Crippen LogP contribution in [-0.4, -0.2) is 17.4 Å². The molecule has 2 rings (SSSR count). The van der Waals surface area contributed by atoms with Gasteiger partial charge in [-0.05, 0) is 24.6 Å². The Kier molecular flexibility index (Phi) is 4.13. The minimum Gasteiger partial charge on any atom is -0.384 e. The molecule has 0 saturated heterocycles. The Labute approximate surface area is 113 Å². The molecule has 1 aromatic carbocycles. The normalized spacial score (nSPS) is 10.2. The van der Waals surface area contributed by atoms with Gasteiger partial charge in [-0.15, -0.1) is 0 Å². The average molecular weight is 254 g/mol. The van der Waals surface area contributed by atoms with Crippen LogP contribution < -0.4 is 10.6 Å². The van der Waals surface area contributed by atoms with Crippen molar-refractivity contribution in [3.8, 4) is 0 Å². The van der Waals surface area contributed by atoms with E-state index in [0.29, 0.717) is 5.56 Å². The number of nitrogens with two attached hydrogens (primary N) is 1. The van der Waals surface area contributed by atoms with E-state index in [1.165, 1.54) is 5.56 Å². The van der Waals surface area contributed by atoms with Crippen molar-refractivity contribution in [2.45, 2.75) is 13.5 Å². The van der Waals surface area contributed by atoms with Crippen LogP contribution in [0, 0.1) is 5.41 Å². The largest absolute Gasteiger partial charge is 0.384 e. The van der Waals surface area contributed by atoms with Crippen LogP contribution in [-0.2, 0) is 6.54 Å². The second-order valence-corrected chi connectivity index (χ2v) is 4.29. The first-order chi connectivity index (χ1) is 9.22. The van der Waals surface area contributed by atoms with Crippen LogP contribution in [0.5, 0.6) is 0 Å². The van der Waals surface area contributed by atoms with Crippen LogP contribution in [0.3, 0.4) is 0 Å². The number of amidine groups is 1. The Morgan fingerprint density at radius 2 is 1.95 bits per heavy atom. The molecule has 0 unspecified atom stereocenters. The van der Waals surface area contributed by atoms with Crippen LogP contribution in [0.25, 0.3) is 0 Å². The zero-order valence-electron chi connectivity index (χ0n) is 11.0. The highest BCUT2D eigenvalue weighted by atomic mass is 15.2. The number of hydrogen-bond acceptors (Lipinski definition) is 3. The van der Waals surface area contributed by atoms with E-state index < -0.39 is 0 Å². The molecule has 1 aromatic heterocycles. The van der Waals surface area contributed by atoms with E-state index in [0.717, 1.165) is 18.9 Å². The van der Waals surface area contributed by atoms with Crippen LogP contribution in [0.2, 0.25) is 0 Å². The molecule has 0 radical (unpaired) electrons. The lowest BCUT2D eigenvalue weighted by molar-refractivity contribution is 0.812. The van der Waals surface area contributed by atoms with Gasteiger partial charge in [-0.3, -0.25) is 5.41 Å². The van der Waals surface area contributed by atoms with Crippen molar-refractivity contribution >= 4 is 11.7 Å². The Morgan fingerprint density at radius 3 is 2.58 bits per heavy atom. The fraction of sp³-hybridized carbons (Fsp3) is 0.200. The Bertz CT molecular complexity index is 551. The Hall–Kier alpha value is -2.36. The van der Waals surface area contributed by atoms with Gasteiger partial charge in [0.25, 0.3) is 0 Å². The molecule has 2 aromatic rings. The highest BCUT2D eigenvalue weighted by Gasteiger charge is 2.13. The van der Waals surface area contributed by atoms with E-state index in [4.69, 9.17) is 11.1 Å². The van der Waals surface area contributed by atoms with Gasteiger partial charge in [0.1, 0.15) is 11.7 Å². The number of rotatable bonds is 5. The molecule has 0 fully saturated rings. The fourth-order valence-electron chi connectivity index (χ4n) is 2.00. The van der Waals surface area contributed by atoms with Crippen molar-refractivity contribution in [2.24, 2.45) is 5.73 Å². The van der Waals surface area contributed by atoms with E-state index in [2.05, 4.69) is 28.9 Å². The standard InChI is InChI=1S/C15H18N4/c1-2-19(11-12-7-4-3-5-8-12)15-13(14(16)17)9-6-10-18-15/h3-10H,2,11H2,1H3,(H3,16,17). The maximum atomic E-state index is 7.64. The van der Waals surface area contributed by atoms with Crippen molar-refractivity contribution < 1.29 is 0 Å². The highest BCUT2D eigenvalue weighted by molar-refractivity contribution is 5.99. The minimum atomic E-state index is 0.0506. The summed E-state index contributed by atoms with van der Waals surface area (Å²) in [6, 6.07) is 13.8. The van der Waals surface area contributed by atoms with Gasteiger partial charge in [-0.2, -0.15) is 0 Å². The predicted octanol–water partition coefficient (Wildman–Crippen LogP) is 2.39. The van der Waals surface area contributed by atoms with E-state index in [-0.39, 0.29) is 5.84 Å². The zero-order chi connectivity index (χ0) is 13.7. The van der Waals surface area contributed by atoms with Gasteiger partial charge in [0.2, 0.25) is 0 Å². The molecule has 3 N–H and O–H groups in total. The van der Waals surface area contributed by atoms with Gasteiger partial charge >= 0.3 is 0 Å². The van der Waals surface area contributed by atoms with Gasteiger partial charge in [0.05, 0.1) is 5.56 Å². The zero-order valence-corrected chi connectivity index (χ0v) is 11.0. The topological polar surface area (TPSA) is 66.0 Å². The van der Waals surface area contributed by atoms with Gasteiger partial charge in [-0.1, -0.05) is 30.3 Å². The van der Waals surface area contributed by atoms with Crippen LogP contribution in [0.15, 0.2) is 48.7 Å². The van der Waals surface area contributed by atoms with Crippen molar-refractivity contribution in [2.75, 3.05) is 11.4 Å². The average Bonchev–Trinajstić information content (AvgIpc) is 2.46. The second-order valence-electron chi connectivity index (χ2n) is 4.29. The molecule has 98 valence electrons. The molecule has 0 saturated carbocycles. The third-order valence-electron chi connectivity index (χ3n) is 2.97. The quantitative estimate of drug-likeness (QED) is 0.636. The molecule has 0 spiro atoms. The number of hydrogen-bond donors (Lipinski definition) is 2. The van der Waals surface area contributed by atoms with E-state index in [1.54, 1.807) is 12.3 Å². The van der Waals surface area contributed by atoms with E-state index >= 15 is 0 Å². The van der Waals surface area contributed by atoms with Crippen molar-refractivity contribution in [3.05, 3.63) is 59.8 Å². The van der Waals surface area contributed by atoms with Crippen LogP contribution >= 0.6 is 0 Å². The lowest BCUT2D eigenvalue weighted by Crippen LogP contribution is -2.26. The maximum Gasteiger partial charge on any atom is 0.139 e.